The summed E-state index contributed by atoms with van der Waals surface area (Å²) in [5, 5.41) is 1.45. The molecule has 3 N–H and O–H groups in total. The summed E-state index contributed by atoms with van der Waals surface area (Å²) >= 11 is 0. The van der Waals surface area contributed by atoms with Crippen LogP contribution in [0.4, 0.5) is 4.39 Å². The number of ether oxygens (including phenoxy) is 1. The summed E-state index contributed by atoms with van der Waals surface area (Å²) < 4.78 is 21.3. The highest BCUT2D eigenvalue weighted by Crippen LogP contribution is 2.39. The zero-order valence-corrected chi connectivity index (χ0v) is 21.3. The van der Waals surface area contributed by atoms with Crippen molar-refractivity contribution in [3.8, 4) is 16.9 Å². The predicted octanol–water partition coefficient (Wildman–Crippen LogP) is 4.65. The summed E-state index contributed by atoms with van der Waals surface area (Å²) in [6.45, 7) is 7.40. The zero-order chi connectivity index (χ0) is 26.3. The lowest BCUT2D eigenvalue weighted by atomic mass is 9.96. The van der Waals surface area contributed by atoms with E-state index < -0.39 is 11.7 Å². The van der Waals surface area contributed by atoms with E-state index in [4.69, 9.17) is 10.5 Å². The number of benzene rings is 3. The predicted molar refractivity (Wildman–Crippen MR) is 143 cm³/mol. The van der Waals surface area contributed by atoms with Gasteiger partial charge in [0.15, 0.2) is 11.6 Å². The molecule has 192 valence electrons. The standard InChI is InChI=1S/C29H31FN4O3/c1-17(2)16-37-24-6-4-5-20(26(24)30)19-9-10-22(28(31)35)27-25(19)21-8-7-18(15-23(21)32-27)29(36)34-13-11-33(3)12-14-34/h4-10,15,17,32H,11-14,16H2,1-3H3,(H2,31,35). The van der Waals surface area contributed by atoms with Crippen molar-refractivity contribution in [1.29, 1.82) is 0 Å². The largest absolute Gasteiger partial charge is 0.490 e. The highest BCUT2D eigenvalue weighted by atomic mass is 19.1. The molecule has 0 spiro atoms. The third kappa shape index (κ3) is 4.64. The number of amides is 2. The van der Waals surface area contributed by atoms with Crippen LogP contribution in [0, 0.1) is 11.7 Å². The number of hydrogen-bond donors (Lipinski definition) is 2. The molecule has 0 unspecified atom stereocenters. The number of likely N-dealkylation sites (N-methyl/N-ethyl adjacent to an activating group) is 1. The Balaban J connectivity index is 1.64. The fourth-order valence-electron chi connectivity index (χ4n) is 4.85. The maximum Gasteiger partial charge on any atom is 0.254 e. The van der Waals surface area contributed by atoms with Gasteiger partial charge in [-0.1, -0.05) is 38.1 Å². The van der Waals surface area contributed by atoms with Crippen molar-refractivity contribution >= 4 is 33.6 Å². The monoisotopic (exact) mass is 502 g/mol. The van der Waals surface area contributed by atoms with Gasteiger partial charge in [-0.2, -0.15) is 0 Å². The first-order valence-electron chi connectivity index (χ1n) is 12.5. The second kappa shape index (κ2) is 9.86. The Kier molecular flexibility index (Phi) is 6.60. The smallest absolute Gasteiger partial charge is 0.254 e. The highest BCUT2D eigenvalue weighted by Gasteiger charge is 2.23. The summed E-state index contributed by atoms with van der Waals surface area (Å²) in [5.74, 6) is -0.664. The molecule has 2 amide bonds. The van der Waals surface area contributed by atoms with E-state index in [9.17, 15) is 9.59 Å². The van der Waals surface area contributed by atoms with E-state index in [0.29, 0.717) is 58.4 Å². The zero-order valence-electron chi connectivity index (χ0n) is 21.3. The van der Waals surface area contributed by atoms with Crippen molar-refractivity contribution in [1.82, 2.24) is 14.8 Å². The number of nitrogens with one attached hydrogen (secondary N) is 1. The summed E-state index contributed by atoms with van der Waals surface area (Å²) in [6, 6.07) is 13.8. The van der Waals surface area contributed by atoms with Crippen molar-refractivity contribution in [3.05, 3.63) is 65.5 Å². The van der Waals surface area contributed by atoms with Gasteiger partial charge in [0.1, 0.15) is 0 Å². The van der Waals surface area contributed by atoms with Crippen molar-refractivity contribution < 1.29 is 18.7 Å². The molecule has 1 aromatic heterocycles. The van der Waals surface area contributed by atoms with E-state index in [-0.39, 0.29) is 17.6 Å². The van der Waals surface area contributed by atoms with Crippen LogP contribution < -0.4 is 10.5 Å². The molecule has 1 fully saturated rings. The molecule has 0 bridgehead atoms. The Morgan fingerprint density at radius 3 is 2.51 bits per heavy atom. The molecule has 0 aliphatic carbocycles. The molecule has 1 aliphatic rings. The number of halogens is 1. The second-order valence-corrected chi connectivity index (χ2v) is 10.1. The number of H-pyrrole nitrogens is 1. The molecule has 0 radical (unpaired) electrons. The number of hydrogen-bond acceptors (Lipinski definition) is 4. The van der Waals surface area contributed by atoms with Crippen molar-refractivity contribution in [2.45, 2.75) is 13.8 Å². The number of carbonyl (C=O) groups excluding carboxylic acids is 2. The number of nitrogens with two attached hydrogens (primary N) is 1. The number of piperazine rings is 1. The van der Waals surface area contributed by atoms with Crippen LogP contribution in [0.25, 0.3) is 32.9 Å². The summed E-state index contributed by atoms with van der Waals surface area (Å²) in [4.78, 5) is 32.8. The molecule has 37 heavy (non-hydrogen) atoms. The topological polar surface area (TPSA) is 91.7 Å². The van der Waals surface area contributed by atoms with Gasteiger partial charge in [0.2, 0.25) is 0 Å². The summed E-state index contributed by atoms with van der Waals surface area (Å²) in [5.41, 5.74) is 8.70. The third-order valence-electron chi connectivity index (χ3n) is 6.88. The van der Waals surface area contributed by atoms with Gasteiger partial charge >= 0.3 is 0 Å². The van der Waals surface area contributed by atoms with Crippen molar-refractivity contribution in [2.75, 3.05) is 39.8 Å². The number of aromatic amines is 1. The maximum absolute atomic E-state index is 15.6. The highest BCUT2D eigenvalue weighted by molar-refractivity contribution is 6.20. The quantitative estimate of drug-likeness (QED) is 0.402. The average molecular weight is 503 g/mol. The third-order valence-corrected chi connectivity index (χ3v) is 6.88. The Hall–Kier alpha value is -3.91. The van der Waals surface area contributed by atoms with Gasteiger partial charge in [0, 0.05) is 53.6 Å². The summed E-state index contributed by atoms with van der Waals surface area (Å²) in [7, 11) is 2.04. The van der Waals surface area contributed by atoms with E-state index in [1.54, 1.807) is 42.5 Å². The molecule has 5 rings (SSSR count). The van der Waals surface area contributed by atoms with Gasteiger partial charge in [-0.05, 0) is 42.8 Å². The van der Waals surface area contributed by atoms with Crippen LogP contribution in [0.5, 0.6) is 5.75 Å². The molecule has 3 aromatic carbocycles. The van der Waals surface area contributed by atoms with E-state index >= 15 is 4.39 Å². The SMILES string of the molecule is CC(C)COc1cccc(-c2ccc(C(N)=O)c3[nH]c4cc(C(=O)N5CCN(C)CC5)ccc4c23)c1F. The van der Waals surface area contributed by atoms with Gasteiger partial charge in [0.05, 0.1) is 17.7 Å². The van der Waals surface area contributed by atoms with Crippen LogP contribution in [0.2, 0.25) is 0 Å². The number of fused-ring (bicyclic) bond motifs is 3. The van der Waals surface area contributed by atoms with Crippen LogP contribution >= 0.6 is 0 Å². The number of rotatable bonds is 6. The Labute approximate surface area is 215 Å². The van der Waals surface area contributed by atoms with Gasteiger partial charge in [0.25, 0.3) is 11.8 Å². The number of aromatic nitrogens is 1. The first-order chi connectivity index (χ1) is 17.7. The molecule has 4 aromatic rings. The minimum Gasteiger partial charge on any atom is -0.490 e. The molecular weight excluding hydrogens is 471 g/mol. The van der Waals surface area contributed by atoms with E-state index in [0.717, 1.165) is 18.5 Å². The van der Waals surface area contributed by atoms with Crippen molar-refractivity contribution in [2.24, 2.45) is 11.7 Å². The van der Waals surface area contributed by atoms with Crippen LogP contribution in [0.15, 0.2) is 48.5 Å². The van der Waals surface area contributed by atoms with E-state index in [2.05, 4.69) is 9.88 Å². The molecule has 2 heterocycles. The molecule has 8 heteroatoms. The van der Waals surface area contributed by atoms with Crippen molar-refractivity contribution in [3.63, 3.8) is 0 Å². The van der Waals surface area contributed by atoms with Gasteiger partial charge in [-0.3, -0.25) is 9.59 Å². The average Bonchev–Trinajstić information content (AvgIpc) is 3.26. The lowest BCUT2D eigenvalue weighted by Crippen LogP contribution is -2.47. The molecule has 0 atom stereocenters. The molecule has 1 saturated heterocycles. The lowest BCUT2D eigenvalue weighted by Gasteiger charge is -2.32. The fourth-order valence-corrected chi connectivity index (χ4v) is 4.85. The van der Waals surface area contributed by atoms with E-state index in [1.807, 2.05) is 31.9 Å². The summed E-state index contributed by atoms with van der Waals surface area (Å²) in [6.07, 6.45) is 0. The van der Waals surface area contributed by atoms with Gasteiger partial charge in [-0.15, -0.1) is 0 Å². The second-order valence-electron chi connectivity index (χ2n) is 10.1. The van der Waals surface area contributed by atoms with Gasteiger partial charge in [-0.25, -0.2) is 4.39 Å². The normalized spacial score (nSPS) is 14.6. The van der Waals surface area contributed by atoms with Crippen LogP contribution in [0.3, 0.4) is 0 Å². The minimum atomic E-state index is -0.591. The van der Waals surface area contributed by atoms with Crippen LogP contribution in [-0.4, -0.2) is 66.4 Å². The van der Waals surface area contributed by atoms with Crippen LogP contribution in [-0.2, 0) is 0 Å². The molecule has 7 nitrogen and oxygen atoms in total. The maximum atomic E-state index is 15.6. The Morgan fingerprint density at radius 1 is 1.05 bits per heavy atom. The molecule has 1 aliphatic heterocycles. The molecule has 0 saturated carbocycles. The number of primary amides is 1. The van der Waals surface area contributed by atoms with Crippen LogP contribution in [0.1, 0.15) is 34.6 Å². The lowest BCUT2D eigenvalue weighted by molar-refractivity contribution is 0.0664. The molecular formula is C29H31FN4O3. The Bertz CT molecular complexity index is 1500. The number of nitrogens with zero attached hydrogens (tertiary/aromatic N) is 2. The first-order valence-corrected chi connectivity index (χ1v) is 12.5. The number of carbonyl (C=O) groups is 2. The van der Waals surface area contributed by atoms with E-state index in [1.165, 1.54) is 0 Å². The van der Waals surface area contributed by atoms with Gasteiger partial charge < -0.3 is 25.3 Å². The minimum absolute atomic E-state index is 0.0370. The Morgan fingerprint density at radius 2 is 1.81 bits per heavy atom. The first kappa shape index (κ1) is 24.8. The fraction of sp³-hybridized carbons (Fsp3) is 0.310.